The minimum absolute atomic E-state index is 0.152. The van der Waals surface area contributed by atoms with Crippen molar-refractivity contribution in [3.05, 3.63) is 107 Å². The maximum absolute atomic E-state index is 13.0. The van der Waals surface area contributed by atoms with Crippen molar-refractivity contribution in [1.29, 1.82) is 0 Å². The van der Waals surface area contributed by atoms with Crippen molar-refractivity contribution in [2.75, 3.05) is 0 Å². The predicted molar refractivity (Wildman–Crippen MR) is 94.8 cm³/mol. The summed E-state index contributed by atoms with van der Waals surface area (Å²) in [6.07, 6.45) is 0.720. The van der Waals surface area contributed by atoms with Crippen LogP contribution in [-0.4, -0.2) is 5.78 Å². The van der Waals surface area contributed by atoms with Crippen LogP contribution >= 0.6 is 0 Å². The van der Waals surface area contributed by atoms with Crippen LogP contribution < -0.4 is 0 Å². The minimum Gasteiger partial charge on any atom is -0.293 e. The fourth-order valence-corrected chi connectivity index (χ4v) is 2.81. The Morgan fingerprint density at radius 3 is 1.96 bits per heavy atom. The summed E-state index contributed by atoms with van der Waals surface area (Å²) in [5.41, 5.74) is 4.27. The quantitative estimate of drug-likeness (QED) is 0.592. The first-order valence-electron chi connectivity index (χ1n) is 7.94. The highest BCUT2D eigenvalue weighted by Crippen LogP contribution is 2.25. The smallest absolute Gasteiger partial charge is 0.170 e. The number of ketones is 1. The molecule has 0 N–H and O–H groups in total. The Morgan fingerprint density at radius 2 is 1.35 bits per heavy atom. The molecule has 0 aliphatic rings. The molecule has 0 radical (unpaired) electrons. The maximum Gasteiger partial charge on any atom is 0.170 e. The molecule has 114 valence electrons. The van der Waals surface area contributed by atoms with Gasteiger partial charge in [-0.2, -0.15) is 0 Å². The standard InChI is InChI=1S/C22H20O/c1-17-12-14-18(15-13-17)16-21(19-8-4-2-5-9-19)22(23)20-10-6-3-7-11-20/h2-15,21H,16H2,1H3. The minimum atomic E-state index is -0.152. The zero-order valence-electron chi connectivity index (χ0n) is 13.3. The van der Waals surface area contributed by atoms with E-state index < -0.39 is 0 Å². The van der Waals surface area contributed by atoms with Crippen molar-refractivity contribution in [3.63, 3.8) is 0 Å². The number of rotatable bonds is 5. The lowest BCUT2D eigenvalue weighted by atomic mass is 9.85. The van der Waals surface area contributed by atoms with Gasteiger partial charge < -0.3 is 0 Å². The molecule has 0 heterocycles. The number of aryl methyl sites for hydroxylation is 1. The van der Waals surface area contributed by atoms with E-state index in [1.807, 2.05) is 60.7 Å². The summed E-state index contributed by atoms with van der Waals surface area (Å²) < 4.78 is 0. The first kappa shape index (κ1) is 15.2. The molecule has 0 saturated carbocycles. The van der Waals surface area contributed by atoms with Crippen molar-refractivity contribution < 1.29 is 4.79 Å². The highest BCUT2D eigenvalue weighted by Gasteiger charge is 2.22. The summed E-state index contributed by atoms with van der Waals surface area (Å²) in [6, 6.07) is 28.1. The summed E-state index contributed by atoms with van der Waals surface area (Å²) in [6.45, 7) is 2.08. The highest BCUT2D eigenvalue weighted by molar-refractivity contribution is 6.01. The normalized spacial score (nSPS) is 11.9. The Balaban J connectivity index is 1.94. The van der Waals surface area contributed by atoms with Crippen molar-refractivity contribution in [3.8, 4) is 0 Å². The summed E-state index contributed by atoms with van der Waals surface area (Å²) in [5.74, 6) is 0.0266. The summed E-state index contributed by atoms with van der Waals surface area (Å²) in [5, 5.41) is 0. The third kappa shape index (κ3) is 3.75. The van der Waals surface area contributed by atoms with Crippen molar-refractivity contribution in [2.45, 2.75) is 19.3 Å². The number of carbonyl (C=O) groups excluding carboxylic acids is 1. The molecule has 1 unspecified atom stereocenters. The second kappa shape index (κ2) is 7.06. The van der Waals surface area contributed by atoms with E-state index in [1.54, 1.807) is 0 Å². The molecule has 23 heavy (non-hydrogen) atoms. The van der Waals surface area contributed by atoms with Gasteiger partial charge in [-0.25, -0.2) is 0 Å². The predicted octanol–water partition coefficient (Wildman–Crippen LogP) is 5.20. The van der Waals surface area contributed by atoms with Crippen molar-refractivity contribution >= 4 is 5.78 Å². The molecule has 3 aromatic rings. The first-order valence-corrected chi connectivity index (χ1v) is 7.94. The van der Waals surface area contributed by atoms with Gasteiger partial charge in [0, 0.05) is 5.56 Å². The molecule has 0 saturated heterocycles. The van der Waals surface area contributed by atoms with Gasteiger partial charge in [0.15, 0.2) is 5.78 Å². The number of benzene rings is 3. The summed E-state index contributed by atoms with van der Waals surface area (Å²) in [7, 11) is 0. The zero-order chi connectivity index (χ0) is 16.1. The van der Waals surface area contributed by atoms with Crippen LogP contribution in [0.25, 0.3) is 0 Å². The first-order chi connectivity index (χ1) is 11.2. The van der Waals surface area contributed by atoms with Gasteiger partial charge in [0.05, 0.1) is 5.92 Å². The lowest BCUT2D eigenvalue weighted by Crippen LogP contribution is -2.15. The van der Waals surface area contributed by atoms with Crippen molar-refractivity contribution in [2.24, 2.45) is 0 Å². The Morgan fingerprint density at radius 1 is 0.783 bits per heavy atom. The van der Waals surface area contributed by atoms with Crippen LogP contribution in [0.15, 0.2) is 84.9 Å². The Labute approximate surface area is 137 Å². The molecule has 0 fully saturated rings. The highest BCUT2D eigenvalue weighted by atomic mass is 16.1. The molecule has 1 nitrogen and oxygen atoms in total. The van der Waals surface area contributed by atoms with E-state index in [9.17, 15) is 4.79 Å². The van der Waals surface area contributed by atoms with Crippen LogP contribution in [0.3, 0.4) is 0 Å². The molecular weight excluding hydrogens is 280 g/mol. The van der Waals surface area contributed by atoms with Gasteiger partial charge >= 0.3 is 0 Å². The van der Waals surface area contributed by atoms with E-state index in [-0.39, 0.29) is 11.7 Å². The lowest BCUT2D eigenvalue weighted by molar-refractivity contribution is 0.0959. The van der Waals surface area contributed by atoms with E-state index in [0.717, 1.165) is 17.5 Å². The van der Waals surface area contributed by atoms with Crippen LogP contribution in [0.5, 0.6) is 0 Å². The van der Waals surface area contributed by atoms with Gasteiger partial charge in [-0.05, 0) is 24.5 Å². The third-order valence-electron chi connectivity index (χ3n) is 4.14. The molecule has 0 aromatic heterocycles. The fourth-order valence-electron chi connectivity index (χ4n) is 2.81. The second-order valence-corrected chi connectivity index (χ2v) is 5.88. The monoisotopic (exact) mass is 300 g/mol. The van der Waals surface area contributed by atoms with Crippen LogP contribution in [0.1, 0.15) is 33.0 Å². The Bertz CT molecular complexity index is 758. The van der Waals surface area contributed by atoms with Crippen LogP contribution in [-0.2, 0) is 6.42 Å². The molecule has 0 aliphatic carbocycles. The van der Waals surface area contributed by atoms with E-state index in [1.165, 1.54) is 11.1 Å². The average molecular weight is 300 g/mol. The fraction of sp³-hybridized carbons (Fsp3) is 0.136. The average Bonchev–Trinajstić information content (AvgIpc) is 2.62. The van der Waals surface area contributed by atoms with Crippen LogP contribution in [0, 0.1) is 6.92 Å². The molecule has 3 aromatic carbocycles. The van der Waals surface area contributed by atoms with Gasteiger partial charge in [-0.1, -0.05) is 90.5 Å². The van der Waals surface area contributed by atoms with Gasteiger partial charge in [0.2, 0.25) is 0 Å². The Hall–Kier alpha value is -2.67. The molecule has 0 spiro atoms. The van der Waals surface area contributed by atoms with Gasteiger partial charge in [0.1, 0.15) is 0 Å². The molecule has 3 rings (SSSR count). The Kier molecular flexibility index (Phi) is 4.68. The molecule has 1 heteroatoms. The number of hydrogen-bond donors (Lipinski definition) is 0. The number of hydrogen-bond acceptors (Lipinski definition) is 1. The molecular formula is C22H20O. The number of carbonyl (C=O) groups is 1. The van der Waals surface area contributed by atoms with Gasteiger partial charge in [-0.15, -0.1) is 0 Å². The number of Topliss-reactive ketones (excluding diaryl/α,β-unsaturated/α-hetero) is 1. The van der Waals surface area contributed by atoms with E-state index >= 15 is 0 Å². The van der Waals surface area contributed by atoms with Gasteiger partial charge in [0.25, 0.3) is 0 Å². The summed E-state index contributed by atoms with van der Waals surface area (Å²) in [4.78, 5) is 13.0. The largest absolute Gasteiger partial charge is 0.293 e. The maximum atomic E-state index is 13.0. The van der Waals surface area contributed by atoms with Crippen LogP contribution in [0.4, 0.5) is 0 Å². The van der Waals surface area contributed by atoms with E-state index in [4.69, 9.17) is 0 Å². The van der Waals surface area contributed by atoms with Gasteiger partial charge in [-0.3, -0.25) is 4.79 Å². The van der Waals surface area contributed by atoms with Crippen LogP contribution in [0.2, 0.25) is 0 Å². The molecule has 1 atom stereocenters. The van der Waals surface area contributed by atoms with Crippen molar-refractivity contribution in [1.82, 2.24) is 0 Å². The summed E-state index contributed by atoms with van der Waals surface area (Å²) >= 11 is 0. The molecule has 0 amide bonds. The topological polar surface area (TPSA) is 17.1 Å². The lowest BCUT2D eigenvalue weighted by Gasteiger charge is -2.17. The van der Waals surface area contributed by atoms with E-state index in [2.05, 4.69) is 31.2 Å². The SMILES string of the molecule is Cc1ccc(CC(C(=O)c2ccccc2)c2ccccc2)cc1. The zero-order valence-corrected chi connectivity index (χ0v) is 13.3. The van der Waals surface area contributed by atoms with E-state index in [0.29, 0.717) is 0 Å². The third-order valence-corrected chi connectivity index (χ3v) is 4.14. The molecule has 0 aliphatic heterocycles. The second-order valence-electron chi connectivity index (χ2n) is 5.88. The molecule has 0 bridgehead atoms.